The zero-order chi connectivity index (χ0) is 18.4. The number of carbonyl (C=O) groups excluding carboxylic acids is 1. The summed E-state index contributed by atoms with van der Waals surface area (Å²) in [5.41, 5.74) is 3.21. The van der Waals surface area contributed by atoms with Crippen LogP contribution in [0.2, 0.25) is 0 Å². The van der Waals surface area contributed by atoms with E-state index in [4.69, 9.17) is 0 Å². The third kappa shape index (κ3) is 5.09. The van der Waals surface area contributed by atoms with Crippen LogP contribution < -0.4 is 10.2 Å². The van der Waals surface area contributed by atoms with E-state index in [0.717, 1.165) is 50.3 Å². The van der Waals surface area contributed by atoms with Gasteiger partial charge >= 0.3 is 0 Å². The van der Waals surface area contributed by atoms with Crippen molar-refractivity contribution in [3.8, 4) is 0 Å². The van der Waals surface area contributed by atoms with E-state index in [-0.39, 0.29) is 5.91 Å². The second-order valence-corrected chi connectivity index (χ2v) is 7.36. The third-order valence-corrected chi connectivity index (χ3v) is 5.15. The summed E-state index contributed by atoms with van der Waals surface area (Å²) < 4.78 is 0. The minimum Gasteiger partial charge on any atom is -0.378 e. The number of nitrogens with one attached hydrogen (secondary N) is 1. The molecule has 2 aromatic carbocycles. The van der Waals surface area contributed by atoms with Crippen LogP contribution in [0.1, 0.15) is 28.8 Å². The largest absolute Gasteiger partial charge is 0.378 e. The second-order valence-electron chi connectivity index (χ2n) is 7.36. The van der Waals surface area contributed by atoms with Crippen LogP contribution in [0.3, 0.4) is 0 Å². The van der Waals surface area contributed by atoms with Crippen LogP contribution in [0.4, 0.5) is 5.69 Å². The predicted molar refractivity (Wildman–Crippen MR) is 108 cm³/mol. The van der Waals surface area contributed by atoms with E-state index in [0.29, 0.717) is 5.92 Å². The van der Waals surface area contributed by atoms with Gasteiger partial charge in [0, 0.05) is 38.4 Å². The summed E-state index contributed by atoms with van der Waals surface area (Å²) in [4.78, 5) is 16.9. The molecule has 0 atom stereocenters. The molecule has 0 aliphatic carbocycles. The Morgan fingerprint density at radius 1 is 1.04 bits per heavy atom. The zero-order valence-corrected chi connectivity index (χ0v) is 15.8. The number of hydrogen-bond acceptors (Lipinski definition) is 3. The van der Waals surface area contributed by atoms with Crippen LogP contribution >= 0.6 is 0 Å². The highest BCUT2D eigenvalue weighted by Crippen LogP contribution is 2.19. The Morgan fingerprint density at radius 3 is 2.31 bits per heavy atom. The van der Waals surface area contributed by atoms with Gasteiger partial charge in [-0.25, -0.2) is 0 Å². The monoisotopic (exact) mass is 351 g/mol. The van der Waals surface area contributed by atoms with Crippen LogP contribution in [0.5, 0.6) is 0 Å². The van der Waals surface area contributed by atoms with Gasteiger partial charge < -0.3 is 10.2 Å². The summed E-state index contributed by atoms with van der Waals surface area (Å²) in [6.45, 7) is 4.01. The fourth-order valence-corrected chi connectivity index (χ4v) is 3.44. The molecule has 1 heterocycles. The molecule has 1 fully saturated rings. The average molecular weight is 351 g/mol. The predicted octanol–water partition coefficient (Wildman–Crippen LogP) is 3.39. The topological polar surface area (TPSA) is 35.6 Å². The first-order valence-corrected chi connectivity index (χ1v) is 9.43. The maximum atomic E-state index is 12.3. The number of anilines is 1. The number of hydrogen-bond donors (Lipinski definition) is 1. The van der Waals surface area contributed by atoms with Crippen molar-refractivity contribution in [3.05, 3.63) is 65.7 Å². The van der Waals surface area contributed by atoms with Crippen molar-refractivity contribution in [1.29, 1.82) is 0 Å². The number of benzene rings is 2. The molecule has 0 radical (unpaired) electrons. The molecular weight excluding hydrogens is 322 g/mol. The Hall–Kier alpha value is -2.33. The third-order valence-electron chi connectivity index (χ3n) is 5.15. The first-order valence-electron chi connectivity index (χ1n) is 9.43. The second kappa shape index (κ2) is 8.86. The molecule has 0 spiro atoms. The van der Waals surface area contributed by atoms with E-state index in [1.54, 1.807) is 0 Å². The summed E-state index contributed by atoms with van der Waals surface area (Å²) in [5.74, 6) is 0.606. The summed E-state index contributed by atoms with van der Waals surface area (Å²) in [7, 11) is 4.00. The Kier molecular flexibility index (Phi) is 6.29. The first kappa shape index (κ1) is 18.5. The molecule has 1 saturated heterocycles. The van der Waals surface area contributed by atoms with Crippen LogP contribution in [0, 0.1) is 5.92 Å². The molecule has 4 nitrogen and oxygen atoms in total. The maximum absolute atomic E-state index is 12.3. The van der Waals surface area contributed by atoms with Gasteiger partial charge in [-0.2, -0.15) is 0 Å². The smallest absolute Gasteiger partial charge is 0.251 e. The minimum atomic E-state index is 0.0296. The number of rotatable bonds is 6. The molecule has 1 aliphatic rings. The Morgan fingerprint density at radius 2 is 1.69 bits per heavy atom. The molecule has 3 rings (SSSR count). The highest BCUT2D eigenvalue weighted by Gasteiger charge is 2.20. The molecule has 0 unspecified atom stereocenters. The highest BCUT2D eigenvalue weighted by atomic mass is 16.1. The van der Waals surface area contributed by atoms with Crippen LogP contribution in [0.15, 0.2) is 54.6 Å². The summed E-state index contributed by atoms with van der Waals surface area (Å²) >= 11 is 0. The number of likely N-dealkylation sites (tertiary alicyclic amines) is 1. The van der Waals surface area contributed by atoms with E-state index >= 15 is 0 Å². The first-order chi connectivity index (χ1) is 12.6. The van der Waals surface area contributed by atoms with Gasteiger partial charge in [-0.3, -0.25) is 9.69 Å². The van der Waals surface area contributed by atoms with E-state index in [2.05, 4.69) is 40.5 Å². The summed E-state index contributed by atoms with van der Waals surface area (Å²) in [6, 6.07) is 18.4. The Labute approximate surface area is 156 Å². The van der Waals surface area contributed by atoms with Crippen molar-refractivity contribution in [3.63, 3.8) is 0 Å². The molecule has 138 valence electrons. The van der Waals surface area contributed by atoms with Crippen LogP contribution in [-0.4, -0.2) is 44.5 Å². The van der Waals surface area contributed by atoms with Crippen LogP contribution in [-0.2, 0) is 6.54 Å². The lowest BCUT2D eigenvalue weighted by molar-refractivity contribution is 0.0935. The van der Waals surface area contributed by atoms with E-state index in [9.17, 15) is 4.79 Å². The van der Waals surface area contributed by atoms with Gasteiger partial charge in [0.2, 0.25) is 0 Å². The Balaban J connectivity index is 1.41. The molecule has 0 bridgehead atoms. The van der Waals surface area contributed by atoms with Crippen molar-refractivity contribution >= 4 is 11.6 Å². The van der Waals surface area contributed by atoms with Gasteiger partial charge in [0.05, 0.1) is 0 Å². The van der Waals surface area contributed by atoms with E-state index < -0.39 is 0 Å². The normalized spacial score (nSPS) is 15.6. The van der Waals surface area contributed by atoms with E-state index in [1.165, 1.54) is 5.56 Å². The van der Waals surface area contributed by atoms with Crippen molar-refractivity contribution in [2.75, 3.05) is 38.6 Å². The maximum Gasteiger partial charge on any atom is 0.251 e. The summed E-state index contributed by atoms with van der Waals surface area (Å²) in [6.07, 6.45) is 2.29. The highest BCUT2D eigenvalue weighted by molar-refractivity contribution is 5.94. The number of piperidine rings is 1. The lowest BCUT2D eigenvalue weighted by Crippen LogP contribution is -2.38. The molecule has 1 amide bonds. The van der Waals surface area contributed by atoms with Gasteiger partial charge in [0.1, 0.15) is 0 Å². The molecule has 0 aromatic heterocycles. The van der Waals surface area contributed by atoms with Crippen molar-refractivity contribution in [2.24, 2.45) is 5.92 Å². The molecular formula is C22H29N3O. The van der Waals surface area contributed by atoms with Gasteiger partial charge in [-0.05, 0) is 61.7 Å². The lowest BCUT2D eigenvalue weighted by Gasteiger charge is -2.32. The van der Waals surface area contributed by atoms with Crippen molar-refractivity contribution in [1.82, 2.24) is 10.2 Å². The number of amides is 1. The Bertz CT molecular complexity index is 689. The molecule has 1 N–H and O–H groups in total. The van der Waals surface area contributed by atoms with Gasteiger partial charge in [-0.1, -0.05) is 30.3 Å². The minimum absolute atomic E-state index is 0.0296. The van der Waals surface area contributed by atoms with Crippen molar-refractivity contribution in [2.45, 2.75) is 19.4 Å². The molecule has 4 heteroatoms. The number of nitrogens with zero attached hydrogens (tertiary/aromatic N) is 2. The number of carbonyl (C=O) groups is 1. The molecule has 0 saturated carbocycles. The fraction of sp³-hybridized carbons (Fsp3) is 0.409. The zero-order valence-electron chi connectivity index (χ0n) is 15.8. The standard InChI is InChI=1S/C22H29N3O/c1-24(2)21-10-8-20(9-11-21)22(26)23-16-18-12-14-25(15-13-18)17-19-6-4-3-5-7-19/h3-11,18H,12-17H2,1-2H3,(H,23,26). The molecule has 1 aliphatic heterocycles. The van der Waals surface area contributed by atoms with Gasteiger partial charge in [0.15, 0.2) is 0 Å². The molecule has 2 aromatic rings. The van der Waals surface area contributed by atoms with Gasteiger partial charge in [0.25, 0.3) is 5.91 Å². The van der Waals surface area contributed by atoms with Crippen LogP contribution in [0.25, 0.3) is 0 Å². The fourth-order valence-electron chi connectivity index (χ4n) is 3.44. The molecule has 26 heavy (non-hydrogen) atoms. The lowest BCUT2D eigenvalue weighted by atomic mass is 9.96. The van der Waals surface area contributed by atoms with Gasteiger partial charge in [-0.15, -0.1) is 0 Å². The van der Waals surface area contributed by atoms with E-state index in [1.807, 2.05) is 43.3 Å². The average Bonchev–Trinajstić information content (AvgIpc) is 2.68. The van der Waals surface area contributed by atoms with Crippen molar-refractivity contribution < 1.29 is 4.79 Å². The quantitative estimate of drug-likeness (QED) is 0.866. The SMILES string of the molecule is CN(C)c1ccc(C(=O)NCC2CCN(Cc3ccccc3)CC2)cc1. The summed E-state index contributed by atoms with van der Waals surface area (Å²) in [5, 5.41) is 3.11.